The Labute approximate surface area is 253 Å². The molecule has 0 bridgehead atoms. The number of nitrogens with zero attached hydrogens (tertiary/aromatic N) is 2. The molecule has 0 unspecified atom stereocenters. The van der Waals surface area contributed by atoms with Crippen LogP contribution in [0.1, 0.15) is 54.6 Å². The van der Waals surface area contributed by atoms with E-state index in [1.807, 2.05) is 66.7 Å². The van der Waals surface area contributed by atoms with Crippen LogP contribution >= 0.6 is 0 Å². The maximum atomic E-state index is 13.9. The molecule has 0 radical (unpaired) electrons. The average Bonchev–Trinajstić information content (AvgIpc) is 3.03. The fourth-order valence-corrected chi connectivity index (χ4v) is 5.39. The maximum Gasteiger partial charge on any atom is 0.254 e. The van der Waals surface area contributed by atoms with Gasteiger partial charge in [0.05, 0.1) is 0 Å². The number of nitrogens with one attached hydrogen (secondary N) is 1. The van der Waals surface area contributed by atoms with Gasteiger partial charge in [0.25, 0.3) is 5.91 Å². The molecule has 1 atom stereocenters. The predicted molar refractivity (Wildman–Crippen MR) is 169 cm³/mol. The van der Waals surface area contributed by atoms with Gasteiger partial charge in [0.15, 0.2) is 0 Å². The van der Waals surface area contributed by atoms with Gasteiger partial charge in [0.2, 0.25) is 11.8 Å². The van der Waals surface area contributed by atoms with Crippen molar-refractivity contribution in [3.8, 4) is 11.5 Å². The van der Waals surface area contributed by atoms with Crippen LogP contribution in [0.5, 0.6) is 11.5 Å². The van der Waals surface area contributed by atoms with Crippen LogP contribution in [0.25, 0.3) is 0 Å². The molecule has 1 N–H and O–H groups in total. The minimum absolute atomic E-state index is 0.0128. The van der Waals surface area contributed by atoms with Crippen molar-refractivity contribution in [2.75, 3.05) is 16.8 Å². The highest BCUT2D eigenvalue weighted by Crippen LogP contribution is 2.28. The second-order valence-electron chi connectivity index (χ2n) is 10.8. The van der Waals surface area contributed by atoms with Crippen molar-refractivity contribution in [2.24, 2.45) is 0 Å². The van der Waals surface area contributed by atoms with Gasteiger partial charge < -0.3 is 19.9 Å². The third-order valence-electron chi connectivity index (χ3n) is 7.68. The van der Waals surface area contributed by atoms with Crippen LogP contribution in [-0.4, -0.2) is 35.2 Å². The van der Waals surface area contributed by atoms with Crippen molar-refractivity contribution in [3.05, 3.63) is 120 Å². The minimum Gasteiger partial charge on any atom is -0.457 e. The molecular weight excluding hydrogens is 538 g/mol. The summed E-state index contributed by atoms with van der Waals surface area (Å²) in [5.41, 5.74) is 3.92. The third-order valence-corrected chi connectivity index (χ3v) is 7.68. The first-order chi connectivity index (χ1) is 20.9. The molecule has 0 saturated heterocycles. The van der Waals surface area contributed by atoms with Crippen LogP contribution in [0.2, 0.25) is 0 Å². The van der Waals surface area contributed by atoms with Gasteiger partial charge in [-0.05, 0) is 72.1 Å². The third kappa shape index (κ3) is 7.30. The Morgan fingerprint density at radius 2 is 1.53 bits per heavy atom. The van der Waals surface area contributed by atoms with Crippen molar-refractivity contribution >= 4 is 29.1 Å². The summed E-state index contributed by atoms with van der Waals surface area (Å²) in [6.07, 6.45) is 3.47. The van der Waals surface area contributed by atoms with E-state index < -0.39 is 6.04 Å². The monoisotopic (exact) mass is 575 g/mol. The number of ether oxygens (including phenoxy) is 1. The molecule has 1 aliphatic heterocycles. The number of para-hydroxylation sites is 1. The topological polar surface area (TPSA) is 79.0 Å². The van der Waals surface area contributed by atoms with E-state index >= 15 is 0 Å². The van der Waals surface area contributed by atoms with Crippen molar-refractivity contribution in [1.29, 1.82) is 0 Å². The molecular formula is C36H37N3O4. The molecule has 4 aromatic carbocycles. The zero-order valence-corrected chi connectivity index (χ0v) is 24.7. The number of rotatable bonds is 10. The zero-order chi connectivity index (χ0) is 30.2. The first kappa shape index (κ1) is 29.6. The zero-order valence-electron chi connectivity index (χ0n) is 24.7. The first-order valence-corrected chi connectivity index (χ1v) is 14.8. The number of benzene rings is 4. The lowest BCUT2D eigenvalue weighted by atomic mass is 9.92. The molecule has 7 nitrogen and oxygen atoms in total. The number of unbranched alkanes of at least 4 members (excludes halogenated alkanes) is 2. The minimum atomic E-state index is -0.705. The summed E-state index contributed by atoms with van der Waals surface area (Å²) in [7, 11) is 0. The van der Waals surface area contributed by atoms with Gasteiger partial charge in [0.1, 0.15) is 17.5 Å². The van der Waals surface area contributed by atoms with E-state index in [0.717, 1.165) is 36.1 Å². The van der Waals surface area contributed by atoms with Crippen LogP contribution in [-0.2, 0) is 22.6 Å². The number of carbonyl (C=O) groups excluding carboxylic acids is 3. The Hall–Kier alpha value is -4.91. The summed E-state index contributed by atoms with van der Waals surface area (Å²) in [6.45, 7) is 4.68. The second-order valence-corrected chi connectivity index (χ2v) is 10.8. The lowest BCUT2D eigenvalue weighted by molar-refractivity contribution is -0.121. The highest BCUT2D eigenvalue weighted by atomic mass is 16.5. The molecule has 0 saturated carbocycles. The molecule has 1 heterocycles. The Morgan fingerprint density at radius 1 is 0.837 bits per heavy atom. The molecule has 1 aliphatic rings. The molecule has 0 aliphatic carbocycles. The quantitative estimate of drug-likeness (QED) is 0.202. The highest BCUT2D eigenvalue weighted by molar-refractivity contribution is 6.02. The number of hydrogen-bond acceptors (Lipinski definition) is 4. The maximum absolute atomic E-state index is 13.9. The number of fused-ring (bicyclic) bond motifs is 1. The molecule has 0 spiro atoms. The number of anilines is 2. The summed E-state index contributed by atoms with van der Waals surface area (Å²) in [5, 5.41) is 3.01. The summed E-state index contributed by atoms with van der Waals surface area (Å²) in [4.78, 5) is 43.3. The van der Waals surface area contributed by atoms with Crippen molar-refractivity contribution in [3.63, 3.8) is 0 Å². The highest BCUT2D eigenvalue weighted by Gasteiger charge is 2.35. The predicted octanol–water partition coefficient (Wildman–Crippen LogP) is 7.23. The van der Waals surface area contributed by atoms with Crippen LogP contribution in [0.15, 0.2) is 103 Å². The molecule has 7 heteroatoms. The van der Waals surface area contributed by atoms with Crippen LogP contribution in [0, 0.1) is 0 Å². The molecule has 0 aromatic heterocycles. The smallest absolute Gasteiger partial charge is 0.254 e. The van der Waals surface area contributed by atoms with Crippen LogP contribution in [0.3, 0.4) is 0 Å². The largest absolute Gasteiger partial charge is 0.457 e. The molecule has 5 rings (SSSR count). The number of hydrogen-bond donors (Lipinski definition) is 1. The number of carbonyl (C=O) groups is 3. The normalized spacial score (nSPS) is 14.0. The summed E-state index contributed by atoms with van der Waals surface area (Å²) in [5.74, 6) is 0.701. The lowest BCUT2D eigenvalue weighted by Gasteiger charge is -2.36. The van der Waals surface area contributed by atoms with Gasteiger partial charge in [-0.15, -0.1) is 0 Å². The van der Waals surface area contributed by atoms with Crippen molar-refractivity contribution in [2.45, 2.75) is 52.1 Å². The Bertz CT molecular complexity index is 1570. The van der Waals surface area contributed by atoms with E-state index in [0.29, 0.717) is 42.3 Å². The summed E-state index contributed by atoms with van der Waals surface area (Å²) >= 11 is 0. The van der Waals surface area contributed by atoms with Crippen LogP contribution in [0.4, 0.5) is 11.4 Å². The van der Waals surface area contributed by atoms with Gasteiger partial charge in [-0.2, -0.15) is 0 Å². The van der Waals surface area contributed by atoms with Gasteiger partial charge in [-0.3, -0.25) is 14.4 Å². The second kappa shape index (κ2) is 13.8. The molecule has 220 valence electrons. The Balaban J connectivity index is 1.35. The van der Waals surface area contributed by atoms with Crippen molar-refractivity contribution < 1.29 is 19.1 Å². The molecule has 4 aromatic rings. The molecule has 43 heavy (non-hydrogen) atoms. The first-order valence-electron chi connectivity index (χ1n) is 14.8. The fourth-order valence-electron chi connectivity index (χ4n) is 5.39. The van der Waals surface area contributed by atoms with Gasteiger partial charge in [-0.1, -0.05) is 68.3 Å². The van der Waals surface area contributed by atoms with E-state index in [4.69, 9.17) is 4.74 Å². The van der Waals surface area contributed by atoms with Gasteiger partial charge in [-0.25, -0.2) is 0 Å². The number of amides is 3. The van der Waals surface area contributed by atoms with Crippen molar-refractivity contribution in [1.82, 2.24) is 4.90 Å². The van der Waals surface area contributed by atoms with E-state index in [2.05, 4.69) is 12.2 Å². The Morgan fingerprint density at radius 3 is 2.26 bits per heavy atom. The lowest BCUT2D eigenvalue weighted by Crippen LogP contribution is -2.50. The Kier molecular flexibility index (Phi) is 9.52. The van der Waals surface area contributed by atoms with E-state index in [1.165, 1.54) is 0 Å². The summed E-state index contributed by atoms with van der Waals surface area (Å²) in [6, 6.07) is 31.0. The fraction of sp³-hybridized carbons (Fsp3) is 0.250. The van der Waals surface area contributed by atoms with Gasteiger partial charge in [0, 0.05) is 43.4 Å². The standard InChI is InChI=1S/C36H37N3O4/c1-3-4-10-22-38(26(2)40)31-20-18-30(19-21-31)37-35(41)34-24-27-12-8-9-13-29(27)25-39(34)36(42)28-14-11-17-33(23-28)43-32-15-6-5-7-16-32/h5-9,11-21,23,34H,3-4,10,22,24-25H2,1-2H3,(H,37,41)/t34-/m1/s1. The van der Waals surface area contributed by atoms with E-state index in [1.54, 1.807) is 53.1 Å². The van der Waals surface area contributed by atoms with Gasteiger partial charge >= 0.3 is 0 Å². The SMILES string of the molecule is CCCCCN(C(C)=O)c1ccc(NC(=O)[C@H]2Cc3ccccc3CN2C(=O)c2cccc(Oc3ccccc3)c2)cc1. The summed E-state index contributed by atoms with van der Waals surface area (Å²) < 4.78 is 5.96. The van der Waals surface area contributed by atoms with E-state index in [-0.39, 0.29) is 17.7 Å². The van der Waals surface area contributed by atoms with Crippen LogP contribution < -0.4 is 15.0 Å². The molecule has 0 fully saturated rings. The van der Waals surface area contributed by atoms with E-state index in [9.17, 15) is 14.4 Å². The average molecular weight is 576 g/mol. The molecule has 3 amide bonds.